The first-order valence-corrected chi connectivity index (χ1v) is 7.16. The summed E-state index contributed by atoms with van der Waals surface area (Å²) in [5.74, 6) is -4.65. The van der Waals surface area contributed by atoms with Crippen molar-refractivity contribution < 1.29 is 22.8 Å². The van der Waals surface area contributed by atoms with Gasteiger partial charge in [-0.3, -0.25) is 4.79 Å². The fourth-order valence-electron chi connectivity index (χ4n) is 1.96. The van der Waals surface area contributed by atoms with Crippen molar-refractivity contribution in [2.24, 2.45) is 0 Å². The molecular weight excluding hydrogens is 321 g/mol. The molecule has 0 bridgehead atoms. The summed E-state index contributed by atoms with van der Waals surface area (Å²) in [6.45, 7) is 1.92. The normalized spacial score (nSPS) is 10.3. The molecule has 0 aliphatic carbocycles. The number of anilines is 1. The number of amides is 2. The zero-order chi connectivity index (χ0) is 17.7. The van der Waals surface area contributed by atoms with Gasteiger partial charge in [0.05, 0.1) is 5.69 Å². The highest BCUT2D eigenvalue weighted by molar-refractivity contribution is 5.96. The monoisotopic (exact) mass is 336 g/mol. The van der Waals surface area contributed by atoms with E-state index in [1.54, 1.807) is 24.3 Å². The number of benzene rings is 2. The van der Waals surface area contributed by atoms with Crippen molar-refractivity contribution in [3.8, 4) is 0 Å². The molecular formula is C17H15F3N2O2. The average molecular weight is 336 g/mol. The number of aryl methyl sites for hydroxylation is 1. The number of halogens is 3. The van der Waals surface area contributed by atoms with Crippen LogP contribution in [0.25, 0.3) is 0 Å². The van der Waals surface area contributed by atoms with E-state index in [0.29, 0.717) is 11.6 Å². The van der Waals surface area contributed by atoms with Crippen LogP contribution in [0.4, 0.5) is 23.7 Å². The molecule has 0 spiro atoms. The van der Waals surface area contributed by atoms with Crippen molar-refractivity contribution in [2.45, 2.75) is 13.3 Å². The van der Waals surface area contributed by atoms with E-state index in [2.05, 4.69) is 10.6 Å². The van der Waals surface area contributed by atoms with E-state index in [1.807, 2.05) is 6.92 Å². The summed E-state index contributed by atoms with van der Waals surface area (Å²) in [5.41, 5.74) is 1.06. The highest BCUT2D eigenvalue weighted by atomic mass is 19.2. The van der Waals surface area contributed by atoms with Gasteiger partial charge in [-0.15, -0.1) is 0 Å². The smallest absolute Gasteiger partial charge is 0.319 e. The predicted octanol–water partition coefficient (Wildman–Crippen LogP) is 3.81. The molecule has 126 valence electrons. The topological polar surface area (TPSA) is 58.2 Å². The lowest BCUT2D eigenvalue weighted by molar-refractivity contribution is 0.0983. The second-order valence-electron chi connectivity index (χ2n) is 5.14. The molecule has 0 aliphatic rings. The molecule has 0 aromatic heterocycles. The number of carbonyl (C=O) groups excluding carboxylic acids is 2. The SMILES string of the molecule is Cc1ccc(C(=O)CCNC(=O)Nc2ccc(F)c(F)c2F)cc1. The van der Waals surface area contributed by atoms with Gasteiger partial charge in [0.2, 0.25) is 0 Å². The second kappa shape index (κ2) is 7.63. The molecule has 0 heterocycles. The number of rotatable bonds is 5. The maximum absolute atomic E-state index is 13.4. The highest BCUT2D eigenvalue weighted by Crippen LogP contribution is 2.19. The predicted molar refractivity (Wildman–Crippen MR) is 83.5 cm³/mol. The van der Waals surface area contributed by atoms with Crippen LogP contribution in [0, 0.1) is 24.4 Å². The van der Waals surface area contributed by atoms with Crippen LogP contribution < -0.4 is 10.6 Å². The molecule has 0 unspecified atom stereocenters. The Morgan fingerprint density at radius 3 is 2.29 bits per heavy atom. The highest BCUT2D eigenvalue weighted by Gasteiger charge is 2.15. The van der Waals surface area contributed by atoms with E-state index in [9.17, 15) is 22.8 Å². The van der Waals surface area contributed by atoms with Crippen LogP contribution in [0.5, 0.6) is 0 Å². The van der Waals surface area contributed by atoms with E-state index in [4.69, 9.17) is 0 Å². The maximum atomic E-state index is 13.4. The van der Waals surface area contributed by atoms with Gasteiger partial charge >= 0.3 is 6.03 Å². The number of nitrogens with one attached hydrogen (secondary N) is 2. The molecule has 0 saturated heterocycles. The van der Waals surface area contributed by atoms with Crippen LogP contribution in [0.3, 0.4) is 0 Å². The van der Waals surface area contributed by atoms with E-state index in [0.717, 1.165) is 11.6 Å². The molecule has 0 saturated carbocycles. The maximum Gasteiger partial charge on any atom is 0.319 e. The molecule has 7 heteroatoms. The Labute approximate surface area is 136 Å². The number of hydrogen-bond acceptors (Lipinski definition) is 2. The third kappa shape index (κ3) is 4.34. The lowest BCUT2D eigenvalue weighted by Crippen LogP contribution is -2.31. The van der Waals surface area contributed by atoms with Crippen molar-refractivity contribution in [3.63, 3.8) is 0 Å². The van der Waals surface area contributed by atoms with Crippen LogP contribution in [0.1, 0.15) is 22.3 Å². The summed E-state index contributed by atoms with van der Waals surface area (Å²) in [6.07, 6.45) is 0.0523. The van der Waals surface area contributed by atoms with Gasteiger partial charge in [-0.05, 0) is 19.1 Å². The van der Waals surface area contributed by atoms with Gasteiger partial charge in [0, 0.05) is 18.5 Å². The minimum absolute atomic E-state index is 0.0177. The first kappa shape index (κ1) is 17.5. The van der Waals surface area contributed by atoms with Crippen LogP contribution >= 0.6 is 0 Å². The molecule has 2 aromatic carbocycles. The van der Waals surface area contributed by atoms with Gasteiger partial charge < -0.3 is 10.6 Å². The molecule has 2 amide bonds. The minimum atomic E-state index is -1.66. The van der Waals surface area contributed by atoms with Crippen molar-refractivity contribution in [1.29, 1.82) is 0 Å². The zero-order valence-corrected chi connectivity index (χ0v) is 12.8. The van der Waals surface area contributed by atoms with Crippen molar-refractivity contribution in [1.82, 2.24) is 5.32 Å². The molecule has 24 heavy (non-hydrogen) atoms. The van der Waals surface area contributed by atoms with E-state index in [-0.39, 0.29) is 18.7 Å². The van der Waals surface area contributed by atoms with Gasteiger partial charge in [0.25, 0.3) is 0 Å². The van der Waals surface area contributed by atoms with Crippen LogP contribution in [-0.2, 0) is 0 Å². The number of ketones is 1. The molecule has 2 aromatic rings. The lowest BCUT2D eigenvalue weighted by atomic mass is 10.1. The van der Waals surface area contributed by atoms with Crippen molar-refractivity contribution in [3.05, 3.63) is 65.0 Å². The Morgan fingerprint density at radius 2 is 1.62 bits per heavy atom. The molecule has 0 aliphatic heterocycles. The summed E-state index contributed by atoms with van der Waals surface area (Å²) >= 11 is 0. The average Bonchev–Trinajstić information content (AvgIpc) is 2.56. The second-order valence-corrected chi connectivity index (χ2v) is 5.14. The van der Waals surface area contributed by atoms with E-state index < -0.39 is 29.2 Å². The van der Waals surface area contributed by atoms with Gasteiger partial charge in [0.1, 0.15) is 0 Å². The molecule has 2 N–H and O–H groups in total. The molecule has 2 rings (SSSR count). The fourth-order valence-corrected chi connectivity index (χ4v) is 1.96. The number of carbonyl (C=O) groups is 2. The van der Waals surface area contributed by atoms with Crippen molar-refractivity contribution >= 4 is 17.5 Å². The van der Waals surface area contributed by atoms with E-state index in [1.165, 1.54) is 0 Å². The Morgan fingerprint density at radius 1 is 0.958 bits per heavy atom. The van der Waals surface area contributed by atoms with Gasteiger partial charge in [-0.25, -0.2) is 18.0 Å². The first-order valence-electron chi connectivity index (χ1n) is 7.16. The summed E-state index contributed by atoms with van der Waals surface area (Å²) in [6, 6.07) is 7.78. The van der Waals surface area contributed by atoms with E-state index >= 15 is 0 Å². The fraction of sp³-hybridized carbons (Fsp3) is 0.176. The Kier molecular flexibility index (Phi) is 5.57. The largest absolute Gasteiger partial charge is 0.337 e. The summed E-state index contributed by atoms with van der Waals surface area (Å²) in [4.78, 5) is 23.5. The quantitative estimate of drug-likeness (QED) is 0.644. The summed E-state index contributed by atoms with van der Waals surface area (Å²) in [7, 11) is 0. The van der Waals surface area contributed by atoms with Gasteiger partial charge in [0.15, 0.2) is 23.2 Å². The standard InChI is InChI=1S/C17H15F3N2O2/c1-10-2-4-11(5-3-10)14(23)8-9-21-17(24)22-13-7-6-12(18)15(19)16(13)20/h2-7H,8-9H2,1H3,(H2,21,22,24). The minimum Gasteiger partial charge on any atom is -0.337 e. The lowest BCUT2D eigenvalue weighted by Gasteiger charge is -2.09. The van der Waals surface area contributed by atoms with Crippen LogP contribution in [0.2, 0.25) is 0 Å². The number of hydrogen-bond donors (Lipinski definition) is 2. The van der Waals surface area contributed by atoms with Crippen LogP contribution in [0.15, 0.2) is 36.4 Å². The Balaban J connectivity index is 1.84. The van der Waals surface area contributed by atoms with Gasteiger partial charge in [-0.2, -0.15) is 0 Å². The Hall–Kier alpha value is -2.83. The van der Waals surface area contributed by atoms with Crippen LogP contribution in [-0.4, -0.2) is 18.4 Å². The molecule has 0 radical (unpaired) electrons. The molecule has 0 fully saturated rings. The third-order valence-electron chi connectivity index (χ3n) is 3.29. The Bertz CT molecular complexity index is 761. The summed E-state index contributed by atoms with van der Waals surface area (Å²) in [5, 5.41) is 4.41. The molecule has 0 atom stereocenters. The molecule has 4 nitrogen and oxygen atoms in total. The third-order valence-corrected chi connectivity index (χ3v) is 3.29. The number of Topliss-reactive ketones (excluding diaryl/α,β-unsaturated/α-hetero) is 1. The van der Waals surface area contributed by atoms with Gasteiger partial charge in [-0.1, -0.05) is 29.8 Å². The van der Waals surface area contributed by atoms with Crippen molar-refractivity contribution in [2.75, 3.05) is 11.9 Å². The summed E-state index contributed by atoms with van der Waals surface area (Å²) < 4.78 is 39.3. The first-order chi connectivity index (χ1) is 11.4. The zero-order valence-electron chi connectivity index (χ0n) is 12.8. The number of urea groups is 1.